The van der Waals surface area contributed by atoms with Gasteiger partial charge in [0.25, 0.3) is 0 Å². The first-order valence-electron chi connectivity index (χ1n) is 9.00. The molecule has 1 aromatic heterocycles. The van der Waals surface area contributed by atoms with Crippen molar-refractivity contribution in [3.05, 3.63) is 118 Å². The quantitative estimate of drug-likeness (QED) is 0.290. The van der Waals surface area contributed by atoms with Crippen molar-refractivity contribution in [2.24, 2.45) is 0 Å². The number of benzene rings is 3. The van der Waals surface area contributed by atoms with Crippen LogP contribution in [-0.4, -0.2) is 11.8 Å². The molecule has 0 N–H and O–H groups in total. The topological polar surface area (TPSA) is 73.6 Å². The van der Waals surface area contributed by atoms with Crippen LogP contribution in [0.5, 0.6) is 0 Å². The van der Waals surface area contributed by atoms with Gasteiger partial charge in [0.15, 0.2) is 5.78 Å². The molecule has 4 rings (SSSR count). The van der Waals surface area contributed by atoms with Crippen LogP contribution in [0.2, 0.25) is 0 Å². The molecule has 0 saturated heterocycles. The fourth-order valence-corrected chi connectivity index (χ4v) is 2.94. The van der Waals surface area contributed by atoms with Crippen LogP contribution in [-0.2, 0) is 11.3 Å². The zero-order chi connectivity index (χ0) is 20.2. The van der Waals surface area contributed by atoms with Gasteiger partial charge in [0, 0.05) is 16.5 Å². The summed E-state index contributed by atoms with van der Waals surface area (Å²) in [5.74, 6) is -0.836. The number of carbonyl (C=O) groups excluding carboxylic acids is 2. The number of rotatable bonds is 5. The number of carbonyl (C=O) groups is 2. The molecule has 0 radical (unpaired) electrons. The lowest BCUT2D eigenvalue weighted by Crippen LogP contribution is -2.16. The van der Waals surface area contributed by atoms with E-state index in [-0.39, 0.29) is 18.0 Å². The van der Waals surface area contributed by atoms with Gasteiger partial charge in [-0.05, 0) is 17.7 Å². The minimum absolute atomic E-state index is 0.0229. The third-order valence-corrected chi connectivity index (χ3v) is 4.48. The number of para-hydroxylation sites is 1. The third kappa shape index (κ3) is 3.99. The van der Waals surface area contributed by atoms with Crippen LogP contribution in [0.25, 0.3) is 11.0 Å². The maximum absolute atomic E-state index is 12.4. The van der Waals surface area contributed by atoms with Gasteiger partial charge in [-0.15, -0.1) is 0 Å². The summed E-state index contributed by atoms with van der Waals surface area (Å²) < 4.78 is 10.4. The first kappa shape index (κ1) is 18.4. The van der Waals surface area contributed by atoms with Crippen LogP contribution in [0.4, 0.5) is 0 Å². The normalized spacial score (nSPS) is 10.6. The molecule has 0 bridgehead atoms. The summed E-state index contributed by atoms with van der Waals surface area (Å²) in [5.41, 5.74) is 1.37. The molecule has 0 aliphatic heterocycles. The molecule has 5 nitrogen and oxygen atoms in total. The smallest absolute Gasteiger partial charge is 0.351 e. The van der Waals surface area contributed by atoms with Crippen LogP contribution >= 0.6 is 0 Å². The molecule has 1 heterocycles. The summed E-state index contributed by atoms with van der Waals surface area (Å²) >= 11 is 0. The Morgan fingerprint density at radius 1 is 0.793 bits per heavy atom. The highest BCUT2D eigenvalue weighted by Crippen LogP contribution is 2.15. The van der Waals surface area contributed by atoms with Crippen LogP contribution in [0.15, 0.2) is 94.1 Å². The van der Waals surface area contributed by atoms with E-state index >= 15 is 0 Å². The average Bonchev–Trinajstić information content (AvgIpc) is 2.77. The minimum atomic E-state index is -0.756. The summed E-state index contributed by atoms with van der Waals surface area (Å²) in [6, 6.07) is 24.2. The van der Waals surface area contributed by atoms with E-state index in [0.29, 0.717) is 27.7 Å². The second kappa shape index (κ2) is 7.94. The summed E-state index contributed by atoms with van der Waals surface area (Å²) in [6.45, 7) is -0.0229. The Bertz CT molecular complexity index is 1240. The zero-order valence-electron chi connectivity index (χ0n) is 15.3. The van der Waals surface area contributed by atoms with E-state index in [1.807, 2.05) is 18.2 Å². The number of esters is 1. The Hall–Kier alpha value is -3.99. The lowest BCUT2D eigenvalue weighted by atomic mass is 10.0. The number of ether oxygens (including phenoxy) is 1. The molecule has 0 atom stereocenters. The van der Waals surface area contributed by atoms with E-state index in [1.165, 1.54) is 6.07 Å². The molecule has 0 amide bonds. The molecular formula is C24H16O5. The number of hydrogen-bond donors (Lipinski definition) is 0. The largest absolute Gasteiger partial charge is 0.457 e. The minimum Gasteiger partial charge on any atom is -0.457 e. The Balaban J connectivity index is 1.45. The van der Waals surface area contributed by atoms with E-state index < -0.39 is 11.6 Å². The van der Waals surface area contributed by atoms with E-state index in [2.05, 4.69) is 0 Å². The fraction of sp³-hybridized carbons (Fsp3) is 0.0417. The SMILES string of the molecule is O=C(c1ccccc1)c1ccc(COC(=O)c2cc3ccccc3oc2=O)cc1. The van der Waals surface area contributed by atoms with Crippen molar-refractivity contribution in [1.29, 1.82) is 0 Å². The van der Waals surface area contributed by atoms with Gasteiger partial charge in [0.1, 0.15) is 17.8 Å². The van der Waals surface area contributed by atoms with Crippen molar-refractivity contribution in [2.45, 2.75) is 6.61 Å². The first-order valence-corrected chi connectivity index (χ1v) is 9.00. The van der Waals surface area contributed by atoms with Gasteiger partial charge in [-0.2, -0.15) is 0 Å². The van der Waals surface area contributed by atoms with Crippen LogP contribution in [0.1, 0.15) is 31.8 Å². The van der Waals surface area contributed by atoms with Crippen molar-refractivity contribution >= 4 is 22.7 Å². The molecule has 142 valence electrons. The van der Waals surface area contributed by atoms with Crippen molar-refractivity contribution in [2.75, 3.05) is 0 Å². The van der Waals surface area contributed by atoms with Crippen molar-refractivity contribution in [3.8, 4) is 0 Å². The number of hydrogen-bond acceptors (Lipinski definition) is 5. The Kier molecular flexibility index (Phi) is 5.03. The predicted molar refractivity (Wildman–Crippen MR) is 108 cm³/mol. The molecule has 0 aliphatic carbocycles. The van der Waals surface area contributed by atoms with Crippen molar-refractivity contribution in [3.63, 3.8) is 0 Å². The molecule has 3 aromatic carbocycles. The molecule has 0 unspecified atom stereocenters. The Morgan fingerprint density at radius 3 is 2.21 bits per heavy atom. The number of ketones is 1. The van der Waals surface area contributed by atoms with Crippen LogP contribution < -0.4 is 5.63 Å². The molecule has 0 spiro atoms. The maximum Gasteiger partial charge on any atom is 0.351 e. The summed E-state index contributed by atoms with van der Waals surface area (Å²) in [4.78, 5) is 36.8. The van der Waals surface area contributed by atoms with Crippen molar-refractivity contribution < 1.29 is 18.7 Å². The highest BCUT2D eigenvalue weighted by Gasteiger charge is 2.15. The zero-order valence-corrected chi connectivity index (χ0v) is 15.3. The van der Waals surface area contributed by atoms with E-state index in [4.69, 9.17) is 9.15 Å². The standard InChI is InChI=1S/C24H16O5/c25-22(17-6-2-1-3-7-17)18-12-10-16(11-13-18)15-28-23(26)20-14-19-8-4-5-9-21(19)29-24(20)27/h1-14H,15H2. The van der Waals surface area contributed by atoms with Gasteiger partial charge in [-0.3, -0.25) is 4.79 Å². The molecule has 5 heteroatoms. The first-order chi connectivity index (χ1) is 14.1. The molecule has 29 heavy (non-hydrogen) atoms. The summed E-state index contributed by atoms with van der Waals surface area (Å²) in [6.07, 6.45) is 0. The highest BCUT2D eigenvalue weighted by molar-refractivity contribution is 6.08. The number of fused-ring (bicyclic) bond motifs is 1. The highest BCUT2D eigenvalue weighted by atomic mass is 16.5. The molecule has 0 aliphatic rings. The summed E-state index contributed by atoms with van der Waals surface area (Å²) in [7, 11) is 0. The fourth-order valence-electron chi connectivity index (χ4n) is 2.94. The third-order valence-electron chi connectivity index (χ3n) is 4.48. The predicted octanol–water partition coefficient (Wildman–Crippen LogP) is 4.38. The Morgan fingerprint density at radius 2 is 1.45 bits per heavy atom. The monoisotopic (exact) mass is 384 g/mol. The summed E-state index contributed by atoms with van der Waals surface area (Å²) in [5, 5.41) is 0.642. The van der Waals surface area contributed by atoms with Gasteiger partial charge in [-0.1, -0.05) is 72.8 Å². The maximum atomic E-state index is 12.4. The van der Waals surface area contributed by atoms with Gasteiger partial charge in [0.2, 0.25) is 0 Å². The van der Waals surface area contributed by atoms with Crippen molar-refractivity contribution in [1.82, 2.24) is 0 Å². The second-order valence-electron chi connectivity index (χ2n) is 6.45. The van der Waals surface area contributed by atoms with Gasteiger partial charge >= 0.3 is 11.6 Å². The van der Waals surface area contributed by atoms with Crippen LogP contribution in [0, 0.1) is 0 Å². The average molecular weight is 384 g/mol. The van der Waals surface area contributed by atoms with E-state index in [9.17, 15) is 14.4 Å². The molecular weight excluding hydrogens is 368 g/mol. The lowest BCUT2D eigenvalue weighted by Gasteiger charge is -2.06. The molecule has 0 fully saturated rings. The second-order valence-corrected chi connectivity index (χ2v) is 6.45. The van der Waals surface area contributed by atoms with E-state index in [1.54, 1.807) is 60.7 Å². The Labute approximate surface area is 166 Å². The molecule has 0 saturated carbocycles. The van der Waals surface area contributed by atoms with Gasteiger partial charge in [-0.25, -0.2) is 9.59 Å². The lowest BCUT2D eigenvalue weighted by molar-refractivity contribution is 0.0468. The van der Waals surface area contributed by atoms with Gasteiger partial charge < -0.3 is 9.15 Å². The van der Waals surface area contributed by atoms with E-state index in [0.717, 1.165) is 0 Å². The molecule has 4 aromatic rings. The van der Waals surface area contributed by atoms with Crippen LogP contribution in [0.3, 0.4) is 0 Å². The van der Waals surface area contributed by atoms with Gasteiger partial charge in [0.05, 0.1) is 0 Å².